The van der Waals surface area contributed by atoms with E-state index in [0.29, 0.717) is 17.3 Å². The van der Waals surface area contributed by atoms with E-state index in [2.05, 4.69) is 26.7 Å². The van der Waals surface area contributed by atoms with E-state index in [4.69, 9.17) is 4.74 Å². The Morgan fingerprint density at radius 1 is 0.897 bits per heavy atom. The van der Waals surface area contributed by atoms with Crippen LogP contribution in [0.1, 0.15) is 41.2 Å². The fourth-order valence-corrected chi connectivity index (χ4v) is 3.00. The summed E-state index contributed by atoms with van der Waals surface area (Å²) in [6.07, 6.45) is 0.118. The van der Waals surface area contributed by atoms with Gasteiger partial charge in [0, 0.05) is 17.1 Å². The van der Waals surface area contributed by atoms with Crippen LogP contribution < -0.4 is 15.4 Å². The third-order valence-electron chi connectivity index (χ3n) is 4.05. The van der Waals surface area contributed by atoms with E-state index in [-0.39, 0.29) is 12.0 Å². The summed E-state index contributed by atoms with van der Waals surface area (Å²) in [5.74, 6) is 0.890. The summed E-state index contributed by atoms with van der Waals surface area (Å²) < 4.78 is 5.65. The molecule has 150 valence electrons. The number of amides is 1. The lowest BCUT2D eigenvalue weighted by molar-refractivity contribution is 0.102. The molecule has 0 bridgehead atoms. The molecule has 1 amide bonds. The standard InChI is InChI=1S/C23H26N4O2/c1-14(2)29-20-8-6-18(7-9-20)26-23-24-17(5)13-21(27-23)22(28)25-19-11-15(3)10-16(4)12-19/h6-14H,1-5H3,(H,25,28)(H,24,26,27). The van der Waals surface area contributed by atoms with Crippen LogP contribution in [0.25, 0.3) is 0 Å². The molecule has 0 aliphatic carbocycles. The number of carbonyl (C=O) groups excluding carboxylic acids is 1. The lowest BCUT2D eigenvalue weighted by atomic mass is 10.1. The average Bonchev–Trinajstić information content (AvgIpc) is 2.61. The van der Waals surface area contributed by atoms with Crippen LogP contribution in [-0.2, 0) is 0 Å². The molecule has 0 atom stereocenters. The van der Waals surface area contributed by atoms with Crippen molar-refractivity contribution < 1.29 is 9.53 Å². The minimum Gasteiger partial charge on any atom is -0.491 e. The Balaban J connectivity index is 1.76. The van der Waals surface area contributed by atoms with Crippen molar-refractivity contribution in [1.29, 1.82) is 0 Å². The van der Waals surface area contributed by atoms with Gasteiger partial charge in [-0.2, -0.15) is 0 Å². The van der Waals surface area contributed by atoms with Gasteiger partial charge in [-0.1, -0.05) is 6.07 Å². The number of aromatic nitrogens is 2. The van der Waals surface area contributed by atoms with Gasteiger partial charge in [0.2, 0.25) is 5.95 Å². The summed E-state index contributed by atoms with van der Waals surface area (Å²) in [6.45, 7) is 9.79. The summed E-state index contributed by atoms with van der Waals surface area (Å²) >= 11 is 0. The van der Waals surface area contributed by atoms with Gasteiger partial charge in [-0.15, -0.1) is 0 Å². The smallest absolute Gasteiger partial charge is 0.274 e. The Kier molecular flexibility index (Phi) is 6.12. The normalized spacial score (nSPS) is 10.7. The van der Waals surface area contributed by atoms with E-state index in [0.717, 1.165) is 28.3 Å². The minimum atomic E-state index is -0.274. The van der Waals surface area contributed by atoms with E-state index in [1.165, 1.54) is 0 Å². The van der Waals surface area contributed by atoms with Crippen molar-refractivity contribution in [2.24, 2.45) is 0 Å². The predicted octanol–water partition coefficient (Wildman–Crippen LogP) is 5.18. The van der Waals surface area contributed by atoms with Crippen molar-refractivity contribution in [2.45, 2.75) is 40.7 Å². The number of nitrogens with one attached hydrogen (secondary N) is 2. The number of hydrogen-bond donors (Lipinski definition) is 2. The predicted molar refractivity (Wildman–Crippen MR) is 116 cm³/mol. The van der Waals surface area contributed by atoms with Crippen molar-refractivity contribution in [3.05, 3.63) is 71.0 Å². The van der Waals surface area contributed by atoms with Crippen LogP contribution in [0.15, 0.2) is 48.5 Å². The average molecular weight is 390 g/mol. The van der Waals surface area contributed by atoms with Crippen LogP contribution >= 0.6 is 0 Å². The zero-order valence-corrected chi connectivity index (χ0v) is 17.4. The molecule has 1 heterocycles. The van der Waals surface area contributed by atoms with E-state index in [1.54, 1.807) is 6.07 Å². The molecule has 6 heteroatoms. The molecule has 0 saturated heterocycles. The SMILES string of the molecule is Cc1cc(C)cc(NC(=O)c2cc(C)nc(Nc3ccc(OC(C)C)cc3)n2)c1. The van der Waals surface area contributed by atoms with Crippen LogP contribution in [0.4, 0.5) is 17.3 Å². The van der Waals surface area contributed by atoms with E-state index in [9.17, 15) is 4.79 Å². The maximum absolute atomic E-state index is 12.7. The Morgan fingerprint density at radius 2 is 1.55 bits per heavy atom. The molecule has 0 aliphatic rings. The fourth-order valence-electron chi connectivity index (χ4n) is 3.00. The highest BCUT2D eigenvalue weighted by Crippen LogP contribution is 2.20. The maximum Gasteiger partial charge on any atom is 0.274 e. The van der Waals surface area contributed by atoms with Crippen LogP contribution in [0, 0.1) is 20.8 Å². The van der Waals surface area contributed by atoms with Crippen molar-refractivity contribution in [2.75, 3.05) is 10.6 Å². The summed E-state index contributed by atoms with van der Waals surface area (Å²) in [5, 5.41) is 6.06. The van der Waals surface area contributed by atoms with Gasteiger partial charge in [-0.3, -0.25) is 4.79 Å². The number of aryl methyl sites for hydroxylation is 3. The Hall–Kier alpha value is -3.41. The molecule has 0 aliphatic heterocycles. The van der Waals surface area contributed by atoms with Gasteiger partial charge in [-0.05, 0) is 88.2 Å². The molecule has 29 heavy (non-hydrogen) atoms. The van der Waals surface area contributed by atoms with Crippen molar-refractivity contribution in [3.8, 4) is 5.75 Å². The first-order valence-electron chi connectivity index (χ1n) is 9.57. The largest absolute Gasteiger partial charge is 0.491 e. The van der Waals surface area contributed by atoms with E-state index in [1.807, 2.05) is 71.0 Å². The molecular formula is C23H26N4O2. The molecule has 0 radical (unpaired) electrons. The van der Waals surface area contributed by atoms with E-state index < -0.39 is 0 Å². The third kappa shape index (κ3) is 5.78. The second-order valence-corrected chi connectivity index (χ2v) is 7.36. The second-order valence-electron chi connectivity index (χ2n) is 7.36. The van der Waals surface area contributed by atoms with Gasteiger partial charge in [0.1, 0.15) is 11.4 Å². The number of rotatable bonds is 6. The molecule has 2 aromatic carbocycles. The summed E-state index contributed by atoms with van der Waals surface area (Å²) in [6, 6.07) is 15.1. The molecule has 0 fully saturated rings. The molecular weight excluding hydrogens is 364 g/mol. The summed E-state index contributed by atoms with van der Waals surface area (Å²) in [5.41, 5.74) is 4.75. The summed E-state index contributed by atoms with van der Waals surface area (Å²) in [7, 11) is 0. The van der Waals surface area contributed by atoms with Crippen LogP contribution in [0.3, 0.4) is 0 Å². The van der Waals surface area contributed by atoms with Gasteiger partial charge in [-0.25, -0.2) is 9.97 Å². The first kappa shape index (κ1) is 20.3. The Labute approximate surface area is 171 Å². The molecule has 0 saturated carbocycles. The monoisotopic (exact) mass is 390 g/mol. The van der Waals surface area contributed by atoms with Gasteiger partial charge < -0.3 is 15.4 Å². The number of carbonyl (C=O) groups is 1. The number of benzene rings is 2. The van der Waals surface area contributed by atoms with Gasteiger partial charge in [0.25, 0.3) is 5.91 Å². The highest BCUT2D eigenvalue weighted by Gasteiger charge is 2.12. The molecule has 6 nitrogen and oxygen atoms in total. The number of ether oxygens (including phenoxy) is 1. The third-order valence-corrected chi connectivity index (χ3v) is 4.05. The van der Waals surface area contributed by atoms with Crippen LogP contribution in [0.5, 0.6) is 5.75 Å². The summed E-state index contributed by atoms with van der Waals surface area (Å²) in [4.78, 5) is 21.5. The first-order chi connectivity index (χ1) is 13.8. The highest BCUT2D eigenvalue weighted by molar-refractivity contribution is 6.03. The molecule has 1 aromatic heterocycles. The zero-order valence-electron chi connectivity index (χ0n) is 17.4. The van der Waals surface area contributed by atoms with Gasteiger partial charge >= 0.3 is 0 Å². The zero-order chi connectivity index (χ0) is 21.0. The maximum atomic E-state index is 12.7. The van der Waals surface area contributed by atoms with Crippen LogP contribution in [0.2, 0.25) is 0 Å². The van der Waals surface area contributed by atoms with Crippen molar-refractivity contribution in [1.82, 2.24) is 9.97 Å². The number of nitrogens with zero attached hydrogens (tertiary/aromatic N) is 2. The molecule has 2 N–H and O–H groups in total. The molecule has 0 unspecified atom stereocenters. The van der Waals surface area contributed by atoms with Crippen LogP contribution in [-0.4, -0.2) is 22.0 Å². The lowest BCUT2D eigenvalue weighted by Crippen LogP contribution is -2.15. The molecule has 3 rings (SSSR count). The van der Waals surface area contributed by atoms with Crippen molar-refractivity contribution in [3.63, 3.8) is 0 Å². The Bertz CT molecular complexity index is 994. The topological polar surface area (TPSA) is 76.1 Å². The van der Waals surface area contributed by atoms with Gasteiger partial charge in [0.05, 0.1) is 6.10 Å². The minimum absolute atomic E-state index is 0.118. The molecule has 0 spiro atoms. The first-order valence-corrected chi connectivity index (χ1v) is 9.57. The quantitative estimate of drug-likeness (QED) is 0.606. The number of anilines is 3. The Morgan fingerprint density at radius 3 is 2.17 bits per heavy atom. The number of hydrogen-bond acceptors (Lipinski definition) is 5. The van der Waals surface area contributed by atoms with Crippen molar-refractivity contribution >= 4 is 23.2 Å². The molecule has 3 aromatic rings. The second kappa shape index (κ2) is 8.73. The highest BCUT2D eigenvalue weighted by atomic mass is 16.5. The van der Waals surface area contributed by atoms with E-state index >= 15 is 0 Å². The lowest BCUT2D eigenvalue weighted by Gasteiger charge is -2.12. The fraction of sp³-hybridized carbons (Fsp3) is 0.261. The van der Waals surface area contributed by atoms with Gasteiger partial charge in [0.15, 0.2) is 0 Å².